The molecule has 1 heterocycles. The van der Waals surface area contributed by atoms with Crippen LogP contribution in [-0.2, 0) is 9.59 Å². The smallest absolute Gasteiger partial charge is 0.229 e. The molecule has 1 unspecified atom stereocenters. The zero-order valence-electron chi connectivity index (χ0n) is 9.91. The van der Waals surface area contributed by atoms with E-state index in [0.29, 0.717) is 0 Å². The van der Waals surface area contributed by atoms with Crippen LogP contribution in [0.5, 0.6) is 0 Å². The van der Waals surface area contributed by atoms with Crippen LogP contribution in [0, 0.1) is 11.3 Å². The van der Waals surface area contributed by atoms with Gasteiger partial charge in [0.25, 0.3) is 0 Å². The maximum Gasteiger partial charge on any atom is 0.229 e. The van der Waals surface area contributed by atoms with Crippen molar-refractivity contribution in [1.29, 1.82) is 5.26 Å². The Morgan fingerprint density at radius 2 is 1.94 bits per heavy atom. The van der Waals surface area contributed by atoms with E-state index in [-0.39, 0.29) is 37.2 Å². The quantitative estimate of drug-likeness (QED) is 0.701. The highest BCUT2D eigenvalue weighted by molar-refractivity contribution is 6.02. The lowest BCUT2D eigenvalue weighted by atomic mass is 10.0. The SMILES string of the molecule is CC(C)NC(C)(C#N)CN1C(=O)CCC1=O. The second kappa shape index (κ2) is 4.62. The molecule has 5 heteroatoms. The van der Waals surface area contributed by atoms with E-state index in [1.54, 1.807) is 6.92 Å². The Balaban J connectivity index is 2.73. The first-order valence-corrected chi connectivity index (χ1v) is 5.40. The molecule has 2 amide bonds. The van der Waals surface area contributed by atoms with Crippen LogP contribution >= 0.6 is 0 Å². The van der Waals surface area contributed by atoms with Crippen molar-refractivity contribution >= 4 is 11.8 Å². The van der Waals surface area contributed by atoms with Crippen molar-refractivity contribution in [3.8, 4) is 6.07 Å². The predicted octanol–water partition coefficient (Wildman–Crippen LogP) is 0.416. The number of carbonyl (C=O) groups excluding carboxylic acids is 2. The van der Waals surface area contributed by atoms with E-state index in [1.165, 1.54) is 4.90 Å². The maximum atomic E-state index is 11.4. The van der Waals surface area contributed by atoms with Gasteiger partial charge in [0, 0.05) is 18.9 Å². The molecule has 1 N–H and O–H groups in total. The Hall–Kier alpha value is -1.41. The third-order valence-corrected chi connectivity index (χ3v) is 2.48. The van der Waals surface area contributed by atoms with Crippen LogP contribution in [0.2, 0.25) is 0 Å². The maximum absolute atomic E-state index is 11.4. The van der Waals surface area contributed by atoms with Crippen molar-refractivity contribution < 1.29 is 9.59 Å². The largest absolute Gasteiger partial charge is 0.296 e. The van der Waals surface area contributed by atoms with Gasteiger partial charge in [-0.05, 0) is 20.8 Å². The Kier molecular flexibility index (Phi) is 3.66. The van der Waals surface area contributed by atoms with Gasteiger partial charge in [-0.3, -0.25) is 19.8 Å². The van der Waals surface area contributed by atoms with Gasteiger partial charge < -0.3 is 0 Å². The molecule has 88 valence electrons. The van der Waals surface area contributed by atoms with Crippen LogP contribution in [0.15, 0.2) is 0 Å². The summed E-state index contributed by atoms with van der Waals surface area (Å²) in [4.78, 5) is 24.0. The van der Waals surface area contributed by atoms with Gasteiger partial charge in [-0.25, -0.2) is 0 Å². The molecule has 1 saturated heterocycles. The standard InChI is InChI=1S/C11H17N3O2/c1-8(2)13-11(3,6-12)7-14-9(15)4-5-10(14)16/h8,13H,4-5,7H2,1-3H3. The van der Waals surface area contributed by atoms with Crippen LogP contribution in [-0.4, -0.2) is 34.8 Å². The molecule has 0 spiro atoms. The first-order chi connectivity index (χ1) is 7.38. The number of likely N-dealkylation sites (tertiary alicyclic amines) is 1. The molecule has 16 heavy (non-hydrogen) atoms. The summed E-state index contributed by atoms with van der Waals surface area (Å²) < 4.78 is 0. The Morgan fingerprint density at radius 3 is 2.31 bits per heavy atom. The van der Waals surface area contributed by atoms with E-state index < -0.39 is 5.54 Å². The summed E-state index contributed by atoms with van der Waals surface area (Å²) in [6.45, 7) is 5.66. The summed E-state index contributed by atoms with van der Waals surface area (Å²) in [7, 11) is 0. The van der Waals surface area contributed by atoms with Crippen molar-refractivity contribution in [3.05, 3.63) is 0 Å². The molecule has 1 aliphatic heterocycles. The molecule has 1 aliphatic rings. The van der Waals surface area contributed by atoms with E-state index >= 15 is 0 Å². The number of nitrogens with one attached hydrogen (secondary N) is 1. The van der Waals surface area contributed by atoms with Crippen molar-refractivity contribution in [1.82, 2.24) is 10.2 Å². The van der Waals surface area contributed by atoms with Crippen LogP contribution in [0.4, 0.5) is 0 Å². The number of nitrogens with zero attached hydrogens (tertiary/aromatic N) is 2. The van der Waals surface area contributed by atoms with Gasteiger partial charge in [-0.15, -0.1) is 0 Å². The predicted molar refractivity (Wildman–Crippen MR) is 58.2 cm³/mol. The minimum Gasteiger partial charge on any atom is -0.296 e. The third kappa shape index (κ3) is 2.80. The van der Waals surface area contributed by atoms with E-state index in [9.17, 15) is 9.59 Å². The number of hydrogen-bond donors (Lipinski definition) is 1. The van der Waals surface area contributed by atoms with Crippen molar-refractivity contribution in [3.63, 3.8) is 0 Å². The highest BCUT2D eigenvalue weighted by Gasteiger charge is 2.36. The monoisotopic (exact) mass is 223 g/mol. The molecule has 1 fully saturated rings. The minimum atomic E-state index is -0.871. The van der Waals surface area contributed by atoms with Crippen LogP contribution in [0.25, 0.3) is 0 Å². The highest BCUT2D eigenvalue weighted by atomic mass is 16.2. The number of hydrogen-bond acceptors (Lipinski definition) is 4. The van der Waals surface area contributed by atoms with E-state index in [0.717, 1.165) is 0 Å². The second-order valence-electron chi connectivity index (χ2n) is 4.62. The van der Waals surface area contributed by atoms with Gasteiger partial charge in [0.1, 0.15) is 5.54 Å². The Labute approximate surface area is 95.4 Å². The van der Waals surface area contributed by atoms with Crippen molar-refractivity contribution in [2.75, 3.05) is 6.54 Å². The summed E-state index contributed by atoms with van der Waals surface area (Å²) in [6, 6.07) is 2.24. The summed E-state index contributed by atoms with van der Waals surface area (Å²) in [5.41, 5.74) is -0.871. The molecule has 0 bridgehead atoms. The highest BCUT2D eigenvalue weighted by Crippen LogP contribution is 2.16. The van der Waals surface area contributed by atoms with Gasteiger partial charge in [0.05, 0.1) is 12.6 Å². The third-order valence-electron chi connectivity index (χ3n) is 2.48. The molecule has 0 saturated carbocycles. The topological polar surface area (TPSA) is 73.2 Å². The zero-order valence-corrected chi connectivity index (χ0v) is 9.91. The molecule has 0 aromatic carbocycles. The molecular weight excluding hydrogens is 206 g/mol. The minimum absolute atomic E-state index is 0.123. The Bertz CT molecular complexity index is 330. The molecule has 1 atom stereocenters. The van der Waals surface area contributed by atoms with Gasteiger partial charge in [0.2, 0.25) is 11.8 Å². The van der Waals surface area contributed by atoms with Gasteiger partial charge in [-0.2, -0.15) is 5.26 Å². The number of carbonyl (C=O) groups is 2. The fraction of sp³-hybridized carbons (Fsp3) is 0.727. The van der Waals surface area contributed by atoms with Crippen LogP contribution < -0.4 is 5.32 Å². The van der Waals surface area contributed by atoms with Crippen molar-refractivity contribution in [2.24, 2.45) is 0 Å². The van der Waals surface area contributed by atoms with Crippen molar-refractivity contribution in [2.45, 2.75) is 45.2 Å². The molecular formula is C11H17N3O2. The lowest BCUT2D eigenvalue weighted by Crippen LogP contribution is -2.53. The fourth-order valence-corrected chi connectivity index (χ4v) is 1.87. The van der Waals surface area contributed by atoms with E-state index in [4.69, 9.17) is 5.26 Å². The summed E-state index contributed by atoms with van der Waals surface area (Å²) in [6.07, 6.45) is 0.532. The lowest BCUT2D eigenvalue weighted by molar-refractivity contribution is -0.139. The molecule has 0 aromatic rings. The summed E-state index contributed by atoms with van der Waals surface area (Å²) in [5, 5.41) is 12.2. The van der Waals surface area contributed by atoms with Gasteiger partial charge in [-0.1, -0.05) is 0 Å². The molecule has 1 rings (SSSR count). The second-order valence-corrected chi connectivity index (χ2v) is 4.62. The van der Waals surface area contributed by atoms with Gasteiger partial charge >= 0.3 is 0 Å². The number of imide groups is 1. The first-order valence-electron chi connectivity index (χ1n) is 5.40. The zero-order chi connectivity index (χ0) is 12.3. The molecule has 0 radical (unpaired) electrons. The average Bonchev–Trinajstić information content (AvgIpc) is 2.48. The normalized spacial score (nSPS) is 20.1. The fourth-order valence-electron chi connectivity index (χ4n) is 1.87. The molecule has 0 aromatic heterocycles. The van der Waals surface area contributed by atoms with E-state index in [2.05, 4.69) is 11.4 Å². The van der Waals surface area contributed by atoms with E-state index in [1.807, 2.05) is 13.8 Å². The number of amides is 2. The molecule has 0 aliphatic carbocycles. The first kappa shape index (κ1) is 12.7. The Morgan fingerprint density at radius 1 is 1.44 bits per heavy atom. The number of nitriles is 1. The van der Waals surface area contributed by atoms with Gasteiger partial charge in [0.15, 0.2) is 0 Å². The van der Waals surface area contributed by atoms with Crippen LogP contribution in [0.3, 0.4) is 0 Å². The summed E-state index contributed by atoms with van der Waals surface area (Å²) >= 11 is 0. The number of rotatable bonds is 4. The molecule has 5 nitrogen and oxygen atoms in total. The summed E-state index contributed by atoms with van der Waals surface area (Å²) in [5.74, 6) is -0.367. The van der Waals surface area contributed by atoms with Crippen LogP contribution in [0.1, 0.15) is 33.6 Å². The lowest BCUT2D eigenvalue weighted by Gasteiger charge is -2.29. The average molecular weight is 223 g/mol.